The first-order chi connectivity index (χ1) is 12.7. The van der Waals surface area contributed by atoms with Gasteiger partial charge >= 0.3 is 0 Å². The van der Waals surface area contributed by atoms with Gasteiger partial charge in [-0.15, -0.1) is 0 Å². The van der Waals surface area contributed by atoms with Crippen LogP contribution in [0.2, 0.25) is 0 Å². The van der Waals surface area contributed by atoms with Crippen molar-refractivity contribution < 1.29 is 9.53 Å². The molecule has 1 aliphatic heterocycles. The first-order valence-electron chi connectivity index (χ1n) is 9.86. The molecule has 5 nitrogen and oxygen atoms in total. The van der Waals surface area contributed by atoms with Gasteiger partial charge in [0.05, 0.1) is 18.2 Å². The van der Waals surface area contributed by atoms with Crippen molar-refractivity contribution in [2.75, 3.05) is 26.7 Å². The van der Waals surface area contributed by atoms with Gasteiger partial charge in [-0.1, -0.05) is 25.0 Å². The molecule has 1 saturated heterocycles. The lowest BCUT2D eigenvalue weighted by Crippen LogP contribution is -2.51. The number of benzene rings is 1. The molecule has 1 aromatic heterocycles. The third kappa shape index (κ3) is 3.20. The molecule has 1 saturated carbocycles. The fourth-order valence-corrected chi connectivity index (χ4v) is 4.56. The Morgan fingerprint density at radius 2 is 2.12 bits per heavy atom. The maximum Gasteiger partial charge on any atom is 0.256 e. The fourth-order valence-electron chi connectivity index (χ4n) is 4.56. The van der Waals surface area contributed by atoms with Crippen LogP contribution in [0.3, 0.4) is 0 Å². The second kappa shape index (κ2) is 7.31. The summed E-state index contributed by atoms with van der Waals surface area (Å²) in [5.41, 5.74) is 1.87. The Hall–Kier alpha value is -2.01. The van der Waals surface area contributed by atoms with Crippen molar-refractivity contribution in [3.63, 3.8) is 0 Å². The van der Waals surface area contributed by atoms with E-state index in [4.69, 9.17) is 4.74 Å². The van der Waals surface area contributed by atoms with Crippen molar-refractivity contribution in [3.8, 4) is 5.75 Å². The SMILES string of the molecule is COc1cccc2c(C(=O)N3CCN[C@H](C)C3)cn(CC3CCCC3)c12. The molecule has 26 heavy (non-hydrogen) atoms. The number of rotatable bonds is 4. The standard InChI is InChI=1S/C21H29N3O2/c1-15-12-23(11-10-22-15)21(25)18-14-24(13-16-6-3-4-7-16)20-17(18)8-5-9-19(20)26-2/h5,8-9,14-16,22H,3-4,6-7,10-13H2,1-2H3/t15-/m1/s1. The average molecular weight is 355 g/mol. The van der Waals surface area contributed by atoms with Crippen LogP contribution < -0.4 is 10.1 Å². The summed E-state index contributed by atoms with van der Waals surface area (Å²) in [5, 5.41) is 4.42. The predicted molar refractivity (Wildman–Crippen MR) is 104 cm³/mol. The van der Waals surface area contributed by atoms with Gasteiger partial charge in [0.2, 0.25) is 0 Å². The normalized spacial score (nSPS) is 21.5. The van der Waals surface area contributed by atoms with Gasteiger partial charge in [0, 0.05) is 43.8 Å². The highest BCUT2D eigenvalue weighted by Crippen LogP contribution is 2.34. The number of carbonyl (C=O) groups excluding carboxylic acids is 1. The lowest BCUT2D eigenvalue weighted by atomic mass is 10.1. The second-order valence-corrected chi connectivity index (χ2v) is 7.81. The zero-order valence-electron chi connectivity index (χ0n) is 15.8. The molecule has 1 aliphatic carbocycles. The Labute approximate surface area is 155 Å². The fraction of sp³-hybridized carbons (Fsp3) is 0.571. The van der Waals surface area contributed by atoms with Gasteiger partial charge in [-0.3, -0.25) is 4.79 Å². The highest BCUT2D eigenvalue weighted by molar-refractivity contribution is 6.08. The van der Waals surface area contributed by atoms with Gasteiger partial charge < -0.3 is 19.5 Å². The van der Waals surface area contributed by atoms with Gasteiger partial charge in [0.25, 0.3) is 5.91 Å². The molecule has 5 heteroatoms. The maximum atomic E-state index is 13.3. The minimum absolute atomic E-state index is 0.141. The Balaban J connectivity index is 1.73. The molecule has 1 N–H and O–H groups in total. The summed E-state index contributed by atoms with van der Waals surface area (Å²) in [6.45, 7) is 5.49. The highest BCUT2D eigenvalue weighted by Gasteiger charge is 2.26. The van der Waals surface area contributed by atoms with E-state index in [1.165, 1.54) is 25.7 Å². The van der Waals surface area contributed by atoms with Gasteiger partial charge in [-0.2, -0.15) is 0 Å². The quantitative estimate of drug-likeness (QED) is 0.916. The summed E-state index contributed by atoms with van der Waals surface area (Å²) >= 11 is 0. The molecule has 0 radical (unpaired) electrons. The third-order valence-corrected chi connectivity index (χ3v) is 5.90. The van der Waals surface area contributed by atoms with Crippen molar-refractivity contribution >= 4 is 16.8 Å². The summed E-state index contributed by atoms with van der Waals surface area (Å²) in [6.07, 6.45) is 7.29. The number of piperazine rings is 1. The average Bonchev–Trinajstić information content (AvgIpc) is 3.29. The summed E-state index contributed by atoms with van der Waals surface area (Å²) in [7, 11) is 1.71. The van der Waals surface area contributed by atoms with Gasteiger partial charge in [-0.05, 0) is 31.7 Å². The first kappa shape index (κ1) is 17.4. The minimum atomic E-state index is 0.141. The van der Waals surface area contributed by atoms with Crippen LogP contribution >= 0.6 is 0 Å². The molecule has 1 aromatic carbocycles. The maximum absolute atomic E-state index is 13.3. The van der Waals surface area contributed by atoms with E-state index in [1.807, 2.05) is 17.0 Å². The molecular weight excluding hydrogens is 326 g/mol. The van der Waals surface area contributed by atoms with Crippen LogP contribution in [0.4, 0.5) is 0 Å². The monoisotopic (exact) mass is 355 g/mol. The number of hydrogen-bond acceptors (Lipinski definition) is 3. The molecule has 140 valence electrons. The van der Waals surface area contributed by atoms with Crippen LogP contribution in [0.15, 0.2) is 24.4 Å². The number of carbonyl (C=O) groups is 1. The molecule has 1 atom stereocenters. The number of para-hydroxylation sites is 1. The number of amides is 1. The third-order valence-electron chi connectivity index (χ3n) is 5.90. The lowest BCUT2D eigenvalue weighted by Gasteiger charge is -2.31. The smallest absolute Gasteiger partial charge is 0.256 e. The summed E-state index contributed by atoms with van der Waals surface area (Å²) in [4.78, 5) is 15.2. The number of methoxy groups -OCH3 is 1. The number of fused-ring (bicyclic) bond motifs is 1. The summed E-state index contributed by atoms with van der Waals surface area (Å²) in [6, 6.07) is 6.38. The topological polar surface area (TPSA) is 46.5 Å². The van der Waals surface area contributed by atoms with Crippen molar-refractivity contribution in [1.82, 2.24) is 14.8 Å². The Morgan fingerprint density at radius 1 is 1.31 bits per heavy atom. The first-order valence-corrected chi connectivity index (χ1v) is 9.86. The van der Waals surface area contributed by atoms with Crippen LogP contribution in [0.1, 0.15) is 43.0 Å². The van der Waals surface area contributed by atoms with E-state index in [1.54, 1.807) is 7.11 Å². The van der Waals surface area contributed by atoms with Crippen LogP contribution in [0, 0.1) is 5.92 Å². The van der Waals surface area contributed by atoms with E-state index in [-0.39, 0.29) is 5.91 Å². The molecule has 4 rings (SSSR count). The van der Waals surface area contributed by atoms with Gasteiger partial charge in [0.1, 0.15) is 5.75 Å². The number of aromatic nitrogens is 1. The van der Waals surface area contributed by atoms with Crippen LogP contribution in [-0.4, -0.2) is 48.2 Å². The van der Waals surface area contributed by atoms with Crippen molar-refractivity contribution in [3.05, 3.63) is 30.0 Å². The molecule has 2 fully saturated rings. The van der Waals surface area contributed by atoms with Crippen molar-refractivity contribution in [1.29, 1.82) is 0 Å². The summed E-state index contributed by atoms with van der Waals surface area (Å²) < 4.78 is 7.90. The lowest BCUT2D eigenvalue weighted by molar-refractivity contribution is 0.0711. The second-order valence-electron chi connectivity index (χ2n) is 7.81. The molecule has 0 bridgehead atoms. The largest absolute Gasteiger partial charge is 0.495 e. The molecular formula is C21H29N3O2. The molecule has 0 spiro atoms. The molecule has 2 aliphatic rings. The van der Waals surface area contributed by atoms with Crippen molar-refractivity contribution in [2.45, 2.75) is 45.2 Å². The van der Waals surface area contributed by atoms with E-state index in [9.17, 15) is 4.79 Å². The van der Waals surface area contributed by atoms with E-state index < -0.39 is 0 Å². The summed E-state index contributed by atoms with van der Waals surface area (Å²) in [5.74, 6) is 1.70. The number of ether oxygens (including phenoxy) is 1. The zero-order chi connectivity index (χ0) is 18.1. The predicted octanol–water partition coefficient (Wildman–Crippen LogP) is 3.27. The van der Waals surface area contributed by atoms with E-state index in [2.05, 4.69) is 29.1 Å². The van der Waals surface area contributed by atoms with Crippen LogP contribution in [0.5, 0.6) is 5.75 Å². The van der Waals surface area contributed by atoms with E-state index in [0.717, 1.165) is 48.4 Å². The highest BCUT2D eigenvalue weighted by atomic mass is 16.5. The molecule has 0 unspecified atom stereocenters. The minimum Gasteiger partial charge on any atom is -0.495 e. The molecule has 1 amide bonds. The van der Waals surface area contributed by atoms with E-state index >= 15 is 0 Å². The van der Waals surface area contributed by atoms with Gasteiger partial charge in [-0.25, -0.2) is 0 Å². The zero-order valence-corrected chi connectivity index (χ0v) is 15.8. The van der Waals surface area contributed by atoms with Crippen molar-refractivity contribution in [2.24, 2.45) is 5.92 Å². The molecule has 2 aromatic rings. The Bertz CT molecular complexity index is 792. The Morgan fingerprint density at radius 3 is 2.85 bits per heavy atom. The Kier molecular flexibility index (Phi) is 4.90. The number of hydrogen-bond donors (Lipinski definition) is 1. The number of nitrogens with zero attached hydrogens (tertiary/aromatic N) is 2. The van der Waals surface area contributed by atoms with E-state index in [0.29, 0.717) is 12.0 Å². The van der Waals surface area contributed by atoms with Crippen LogP contribution in [0.25, 0.3) is 10.9 Å². The number of nitrogens with one attached hydrogen (secondary N) is 1. The van der Waals surface area contributed by atoms with Gasteiger partial charge in [0.15, 0.2) is 0 Å². The molecule has 2 heterocycles. The van der Waals surface area contributed by atoms with Crippen LogP contribution in [-0.2, 0) is 6.54 Å².